The lowest BCUT2D eigenvalue weighted by atomic mass is 9.81. The van der Waals surface area contributed by atoms with Gasteiger partial charge in [-0.05, 0) is 104 Å². The summed E-state index contributed by atoms with van der Waals surface area (Å²) in [5.74, 6) is 0. The van der Waals surface area contributed by atoms with Crippen LogP contribution >= 0.6 is 11.3 Å². The van der Waals surface area contributed by atoms with Gasteiger partial charge in [0.25, 0.3) is 0 Å². The van der Waals surface area contributed by atoms with Crippen molar-refractivity contribution in [3.05, 3.63) is 187 Å². The van der Waals surface area contributed by atoms with E-state index < -0.39 is 0 Å². The highest BCUT2D eigenvalue weighted by atomic mass is 32.1. The number of hydrogen-bond acceptors (Lipinski definition) is 2. The fourth-order valence-corrected chi connectivity index (χ4v) is 8.98. The van der Waals surface area contributed by atoms with Gasteiger partial charge >= 0.3 is 0 Å². The van der Waals surface area contributed by atoms with E-state index in [2.05, 4.69) is 195 Å². The number of anilines is 3. The second-order valence-electron chi connectivity index (χ2n) is 13.4. The molecule has 9 rings (SSSR count). The number of fused-ring (bicyclic) bond motifs is 5. The van der Waals surface area contributed by atoms with Crippen LogP contribution in [0.1, 0.15) is 25.0 Å². The molecule has 1 nitrogen and oxygen atoms in total. The lowest BCUT2D eigenvalue weighted by Gasteiger charge is -2.26. The molecule has 49 heavy (non-hydrogen) atoms. The molecular weight excluding hydrogens is 611 g/mol. The Labute approximate surface area is 292 Å². The minimum absolute atomic E-state index is 0.0285. The number of benzene rings is 7. The molecular formula is C47H35NS. The van der Waals surface area contributed by atoms with Crippen LogP contribution in [0.25, 0.3) is 53.9 Å². The highest BCUT2D eigenvalue weighted by molar-refractivity contribution is 7.22. The zero-order valence-corrected chi connectivity index (χ0v) is 28.4. The summed E-state index contributed by atoms with van der Waals surface area (Å²) in [7, 11) is 0. The molecule has 8 aromatic rings. The molecule has 0 radical (unpaired) electrons. The second-order valence-corrected chi connectivity index (χ2v) is 14.5. The standard InChI is InChI=1S/C47H35NS/c1-47(2)43-29-24-37(31-42(43)46-45(47)41-18-9-10-19-44(41)49-46)36-16-11-17-40(30-36)48(38-25-20-34(21-26-38)32-12-5-3-6-13-32)39-27-22-35(23-28-39)33-14-7-4-8-15-33/h3-31H,1-2H3. The summed E-state index contributed by atoms with van der Waals surface area (Å²) in [6.45, 7) is 4.75. The van der Waals surface area contributed by atoms with Crippen LogP contribution in [-0.2, 0) is 5.41 Å². The molecule has 0 spiro atoms. The van der Waals surface area contributed by atoms with Crippen molar-refractivity contribution in [3.8, 4) is 43.8 Å². The van der Waals surface area contributed by atoms with E-state index in [1.807, 2.05) is 11.3 Å². The third-order valence-electron chi connectivity index (χ3n) is 10.1. The molecule has 7 aromatic carbocycles. The van der Waals surface area contributed by atoms with E-state index in [0.29, 0.717) is 0 Å². The van der Waals surface area contributed by atoms with Crippen LogP contribution in [0.4, 0.5) is 17.1 Å². The molecule has 1 aliphatic rings. The van der Waals surface area contributed by atoms with Gasteiger partial charge in [-0.3, -0.25) is 0 Å². The third kappa shape index (κ3) is 5.08. The first-order valence-corrected chi connectivity index (χ1v) is 17.7. The molecule has 1 aliphatic carbocycles. The maximum Gasteiger partial charge on any atom is 0.0467 e. The average molecular weight is 646 g/mol. The summed E-state index contributed by atoms with van der Waals surface area (Å²) in [5, 5.41) is 1.39. The normalized spacial score (nSPS) is 12.9. The van der Waals surface area contributed by atoms with Gasteiger partial charge in [-0.15, -0.1) is 11.3 Å². The van der Waals surface area contributed by atoms with Crippen LogP contribution in [0.5, 0.6) is 0 Å². The summed E-state index contributed by atoms with van der Waals surface area (Å²) < 4.78 is 1.37. The minimum Gasteiger partial charge on any atom is -0.310 e. The van der Waals surface area contributed by atoms with Crippen molar-refractivity contribution >= 4 is 38.5 Å². The lowest BCUT2D eigenvalue weighted by molar-refractivity contribution is 0.667. The first-order valence-electron chi connectivity index (χ1n) is 16.9. The smallest absolute Gasteiger partial charge is 0.0467 e. The summed E-state index contributed by atoms with van der Waals surface area (Å²) in [5.41, 5.74) is 14.9. The number of rotatable bonds is 6. The van der Waals surface area contributed by atoms with Crippen molar-refractivity contribution in [1.82, 2.24) is 0 Å². The van der Waals surface area contributed by atoms with E-state index in [9.17, 15) is 0 Å². The van der Waals surface area contributed by atoms with Gasteiger partial charge < -0.3 is 4.90 Å². The molecule has 0 bridgehead atoms. The van der Waals surface area contributed by atoms with Crippen LogP contribution in [0.2, 0.25) is 0 Å². The molecule has 0 amide bonds. The SMILES string of the molecule is CC1(C)c2ccc(-c3cccc(N(c4ccc(-c5ccccc5)cc4)c4ccc(-c5ccccc5)cc4)c3)cc2-c2sc3ccccc3c21. The molecule has 0 aliphatic heterocycles. The van der Waals surface area contributed by atoms with E-state index in [-0.39, 0.29) is 5.41 Å². The Morgan fingerprint density at radius 2 is 0.939 bits per heavy atom. The van der Waals surface area contributed by atoms with Crippen LogP contribution < -0.4 is 4.90 Å². The monoisotopic (exact) mass is 645 g/mol. The molecule has 0 saturated heterocycles. The van der Waals surface area contributed by atoms with Crippen LogP contribution in [0, 0.1) is 0 Å². The van der Waals surface area contributed by atoms with Gasteiger partial charge in [-0.25, -0.2) is 0 Å². The van der Waals surface area contributed by atoms with Crippen molar-refractivity contribution in [2.75, 3.05) is 4.90 Å². The summed E-state index contributed by atoms with van der Waals surface area (Å²) in [6, 6.07) is 64.0. The molecule has 0 N–H and O–H groups in total. The molecule has 2 heteroatoms. The molecule has 1 aromatic heterocycles. The Kier molecular flexibility index (Phi) is 7.07. The zero-order valence-electron chi connectivity index (χ0n) is 27.6. The van der Waals surface area contributed by atoms with E-state index in [4.69, 9.17) is 0 Å². The summed E-state index contributed by atoms with van der Waals surface area (Å²) in [4.78, 5) is 3.78. The molecule has 234 valence electrons. The maximum atomic E-state index is 2.42. The van der Waals surface area contributed by atoms with Crippen LogP contribution in [0.15, 0.2) is 176 Å². The van der Waals surface area contributed by atoms with E-state index in [1.165, 1.54) is 65.0 Å². The zero-order chi connectivity index (χ0) is 33.0. The van der Waals surface area contributed by atoms with Gasteiger partial charge in [0.2, 0.25) is 0 Å². The fourth-order valence-electron chi connectivity index (χ4n) is 7.59. The van der Waals surface area contributed by atoms with Crippen molar-refractivity contribution in [3.63, 3.8) is 0 Å². The predicted molar refractivity (Wildman–Crippen MR) is 210 cm³/mol. The van der Waals surface area contributed by atoms with Crippen LogP contribution in [-0.4, -0.2) is 0 Å². The molecule has 0 atom stereocenters. The Hall–Kier alpha value is -5.70. The average Bonchev–Trinajstić information content (AvgIpc) is 3.66. The van der Waals surface area contributed by atoms with E-state index in [0.717, 1.165) is 17.1 Å². The summed E-state index contributed by atoms with van der Waals surface area (Å²) >= 11 is 1.93. The van der Waals surface area contributed by atoms with Crippen molar-refractivity contribution in [2.45, 2.75) is 19.3 Å². The lowest BCUT2D eigenvalue weighted by Crippen LogP contribution is -2.14. The second kappa shape index (κ2) is 11.8. The van der Waals surface area contributed by atoms with Crippen molar-refractivity contribution in [1.29, 1.82) is 0 Å². The van der Waals surface area contributed by atoms with Gasteiger partial charge in [0.15, 0.2) is 0 Å². The van der Waals surface area contributed by atoms with Gasteiger partial charge in [-0.1, -0.05) is 141 Å². The predicted octanol–water partition coefficient (Wildman–Crippen LogP) is 13.7. The summed E-state index contributed by atoms with van der Waals surface area (Å²) in [6.07, 6.45) is 0. The molecule has 0 unspecified atom stereocenters. The number of hydrogen-bond donors (Lipinski definition) is 0. The topological polar surface area (TPSA) is 3.24 Å². The first kappa shape index (κ1) is 29.4. The van der Waals surface area contributed by atoms with E-state index >= 15 is 0 Å². The molecule has 0 saturated carbocycles. The van der Waals surface area contributed by atoms with Gasteiger partial charge in [0, 0.05) is 32.1 Å². The van der Waals surface area contributed by atoms with Gasteiger partial charge in [0.05, 0.1) is 0 Å². The largest absolute Gasteiger partial charge is 0.310 e. The van der Waals surface area contributed by atoms with Gasteiger partial charge in [-0.2, -0.15) is 0 Å². The third-order valence-corrected chi connectivity index (χ3v) is 11.3. The van der Waals surface area contributed by atoms with Crippen molar-refractivity contribution in [2.24, 2.45) is 0 Å². The highest BCUT2D eigenvalue weighted by Crippen LogP contribution is 2.56. The Morgan fingerprint density at radius 3 is 1.57 bits per heavy atom. The molecule has 1 heterocycles. The number of nitrogens with zero attached hydrogens (tertiary/aromatic N) is 1. The van der Waals surface area contributed by atoms with Crippen molar-refractivity contribution < 1.29 is 0 Å². The molecule has 0 fully saturated rings. The Bertz CT molecular complexity index is 2350. The number of thiophene rings is 1. The van der Waals surface area contributed by atoms with Gasteiger partial charge in [0.1, 0.15) is 0 Å². The quantitative estimate of drug-likeness (QED) is 0.174. The van der Waals surface area contributed by atoms with E-state index in [1.54, 1.807) is 0 Å². The highest BCUT2D eigenvalue weighted by Gasteiger charge is 2.38. The Morgan fingerprint density at radius 1 is 0.429 bits per heavy atom. The minimum atomic E-state index is -0.0285. The first-order chi connectivity index (χ1) is 24.0. The van der Waals surface area contributed by atoms with Crippen LogP contribution in [0.3, 0.4) is 0 Å². The Balaban J connectivity index is 1.14. The maximum absolute atomic E-state index is 2.42. The fraction of sp³-hybridized carbons (Fsp3) is 0.0638.